The minimum absolute atomic E-state index is 0.0522. The molecule has 0 aromatic heterocycles. The second-order valence-corrected chi connectivity index (χ2v) is 14.3. The van der Waals surface area contributed by atoms with E-state index in [1.165, 1.54) is 22.3 Å². The second kappa shape index (κ2) is 8.90. The minimum Gasteiger partial charge on any atom is -0.350 e. The van der Waals surface area contributed by atoms with E-state index in [0.717, 1.165) is 11.4 Å². The molecule has 0 unspecified atom stereocenters. The third-order valence-corrected chi connectivity index (χ3v) is 6.78. The number of benzene rings is 2. The molecule has 0 heterocycles. The fourth-order valence-electron chi connectivity index (χ4n) is 4.05. The molecular formula is C32H44N2O2. The Balaban J connectivity index is 2.06. The summed E-state index contributed by atoms with van der Waals surface area (Å²) in [5.74, 6) is 0. The van der Waals surface area contributed by atoms with Gasteiger partial charge in [-0.25, -0.2) is 0 Å². The van der Waals surface area contributed by atoms with Gasteiger partial charge in [0.25, 0.3) is 10.9 Å². The van der Waals surface area contributed by atoms with Crippen LogP contribution < -0.4 is 21.5 Å². The van der Waals surface area contributed by atoms with Crippen molar-refractivity contribution in [3.63, 3.8) is 0 Å². The van der Waals surface area contributed by atoms with Crippen molar-refractivity contribution in [3.8, 4) is 0 Å². The van der Waals surface area contributed by atoms with E-state index in [1.807, 2.05) is 0 Å². The smallest absolute Gasteiger partial charge is 0.253 e. The average molecular weight is 489 g/mol. The van der Waals surface area contributed by atoms with E-state index < -0.39 is 10.9 Å². The van der Waals surface area contributed by atoms with Gasteiger partial charge in [-0.05, 0) is 68.2 Å². The molecule has 194 valence electrons. The monoisotopic (exact) mass is 488 g/mol. The first kappa shape index (κ1) is 27.7. The number of nitrogens with one attached hydrogen (secondary N) is 2. The molecule has 2 N–H and O–H groups in total. The highest BCUT2D eigenvalue weighted by Gasteiger charge is 2.26. The lowest BCUT2D eigenvalue weighted by atomic mass is 9.80. The Hall–Kier alpha value is -2.88. The summed E-state index contributed by atoms with van der Waals surface area (Å²) in [7, 11) is 0. The van der Waals surface area contributed by atoms with Gasteiger partial charge < -0.3 is 10.6 Å². The summed E-state index contributed by atoms with van der Waals surface area (Å²) < 4.78 is 0. The Morgan fingerprint density at radius 1 is 0.417 bits per heavy atom. The predicted octanol–water partition coefficient (Wildman–Crippen LogP) is 7.96. The maximum Gasteiger partial charge on any atom is 0.253 e. The topological polar surface area (TPSA) is 58.2 Å². The second-order valence-electron chi connectivity index (χ2n) is 14.3. The third kappa shape index (κ3) is 5.91. The van der Waals surface area contributed by atoms with Crippen LogP contribution in [0.25, 0.3) is 0 Å². The van der Waals surface area contributed by atoms with E-state index in [1.54, 1.807) is 0 Å². The van der Waals surface area contributed by atoms with E-state index in [4.69, 9.17) is 0 Å². The Morgan fingerprint density at radius 3 is 0.833 bits per heavy atom. The van der Waals surface area contributed by atoms with E-state index in [-0.39, 0.29) is 21.7 Å². The zero-order valence-electron chi connectivity index (χ0n) is 24.3. The summed E-state index contributed by atoms with van der Waals surface area (Å²) in [5, 5.41) is 6.58. The molecular weight excluding hydrogens is 444 g/mol. The molecule has 3 rings (SSSR count). The van der Waals surface area contributed by atoms with Crippen LogP contribution in [0.5, 0.6) is 0 Å². The lowest BCUT2D eigenvalue weighted by Crippen LogP contribution is -2.36. The molecule has 0 aliphatic carbocycles. The van der Waals surface area contributed by atoms with Gasteiger partial charge in [0.2, 0.25) is 0 Å². The SMILES string of the molecule is CC(C)(C)c1cc(Nc2c(Nc3cc(C(C)(C)C)cc(C(C)(C)C)c3)c(=O)c2=O)cc(C(C)(C)C)c1. The lowest BCUT2D eigenvalue weighted by Gasteiger charge is -2.27. The van der Waals surface area contributed by atoms with Crippen molar-refractivity contribution in [2.45, 2.75) is 105 Å². The number of hydrogen-bond donors (Lipinski definition) is 2. The Kier molecular flexibility index (Phi) is 6.85. The molecule has 0 radical (unpaired) electrons. The maximum atomic E-state index is 12.7. The van der Waals surface area contributed by atoms with Crippen molar-refractivity contribution in [3.05, 3.63) is 79.1 Å². The molecule has 0 atom stereocenters. The normalized spacial score (nSPS) is 13.2. The van der Waals surface area contributed by atoms with E-state index >= 15 is 0 Å². The molecule has 0 fully saturated rings. The number of hydrogen-bond acceptors (Lipinski definition) is 4. The third-order valence-electron chi connectivity index (χ3n) is 6.78. The van der Waals surface area contributed by atoms with Gasteiger partial charge in [-0.3, -0.25) is 9.59 Å². The molecule has 0 amide bonds. The number of anilines is 4. The average Bonchev–Trinajstić information content (AvgIpc) is 2.73. The summed E-state index contributed by atoms with van der Waals surface area (Å²) in [6.45, 7) is 26.1. The van der Waals surface area contributed by atoms with Crippen LogP contribution in [-0.4, -0.2) is 0 Å². The molecule has 0 spiro atoms. The fourth-order valence-corrected chi connectivity index (χ4v) is 4.05. The van der Waals surface area contributed by atoms with Gasteiger partial charge in [0.15, 0.2) is 0 Å². The van der Waals surface area contributed by atoms with Crippen LogP contribution in [0.2, 0.25) is 0 Å². The van der Waals surface area contributed by atoms with Crippen LogP contribution in [0.3, 0.4) is 0 Å². The zero-order valence-corrected chi connectivity index (χ0v) is 24.3. The minimum atomic E-state index is -0.487. The van der Waals surface area contributed by atoms with Gasteiger partial charge in [0, 0.05) is 11.4 Å². The molecule has 0 aliphatic heterocycles. The van der Waals surface area contributed by atoms with Gasteiger partial charge in [-0.1, -0.05) is 95.2 Å². The Labute approximate surface area is 217 Å². The van der Waals surface area contributed by atoms with Crippen molar-refractivity contribution < 1.29 is 0 Å². The first-order valence-corrected chi connectivity index (χ1v) is 12.9. The van der Waals surface area contributed by atoms with E-state index in [2.05, 4.69) is 130 Å². The molecule has 4 heteroatoms. The molecule has 3 aromatic carbocycles. The molecule has 3 aromatic rings. The first-order valence-electron chi connectivity index (χ1n) is 12.9. The van der Waals surface area contributed by atoms with Gasteiger partial charge >= 0.3 is 0 Å². The van der Waals surface area contributed by atoms with Crippen LogP contribution in [-0.2, 0) is 21.7 Å². The summed E-state index contributed by atoms with van der Waals surface area (Å²) in [6.07, 6.45) is 0. The molecule has 4 nitrogen and oxygen atoms in total. The number of rotatable bonds is 4. The van der Waals surface area contributed by atoms with Gasteiger partial charge in [0.1, 0.15) is 11.4 Å². The van der Waals surface area contributed by atoms with Crippen LogP contribution >= 0.6 is 0 Å². The lowest BCUT2D eigenvalue weighted by molar-refractivity contribution is 0.568. The molecule has 36 heavy (non-hydrogen) atoms. The van der Waals surface area contributed by atoms with Gasteiger partial charge in [-0.15, -0.1) is 0 Å². The molecule has 0 saturated heterocycles. The fraction of sp³-hybridized carbons (Fsp3) is 0.500. The van der Waals surface area contributed by atoms with E-state index in [9.17, 15) is 9.59 Å². The summed E-state index contributed by atoms with van der Waals surface area (Å²) in [6, 6.07) is 12.8. The summed E-state index contributed by atoms with van der Waals surface area (Å²) in [5.41, 5.74) is 5.82. The van der Waals surface area contributed by atoms with Crippen molar-refractivity contribution >= 4 is 22.7 Å². The molecule has 0 aliphatic rings. The quantitative estimate of drug-likeness (QED) is 0.366. The Morgan fingerprint density at radius 2 is 0.639 bits per heavy atom. The summed E-state index contributed by atoms with van der Waals surface area (Å²) >= 11 is 0. The van der Waals surface area contributed by atoms with Crippen molar-refractivity contribution in [2.24, 2.45) is 0 Å². The zero-order chi connectivity index (χ0) is 27.4. The van der Waals surface area contributed by atoms with Crippen molar-refractivity contribution in [1.82, 2.24) is 0 Å². The highest BCUT2D eigenvalue weighted by Crippen LogP contribution is 2.36. The first-order chi connectivity index (χ1) is 16.2. The van der Waals surface area contributed by atoms with Crippen LogP contribution in [0, 0.1) is 0 Å². The standard InChI is InChI=1S/C32H44N2O2/c1-29(2,3)19-13-20(30(4,5)6)16-23(15-19)33-25-26(28(36)27(25)35)34-24-17-21(31(7,8)9)14-22(18-24)32(10,11)12/h13-18,33-34H,1-12H3. The molecule has 0 saturated carbocycles. The van der Waals surface area contributed by atoms with Crippen LogP contribution in [0.4, 0.5) is 22.7 Å². The largest absolute Gasteiger partial charge is 0.350 e. The maximum absolute atomic E-state index is 12.7. The Bertz CT molecular complexity index is 1170. The highest BCUT2D eigenvalue weighted by atomic mass is 16.2. The van der Waals surface area contributed by atoms with Crippen LogP contribution in [0.1, 0.15) is 105 Å². The highest BCUT2D eigenvalue weighted by molar-refractivity contribution is 5.82. The van der Waals surface area contributed by atoms with Gasteiger partial charge in [-0.2, -0.15) is 0 Å². The molecule has 0 bridgehead atoms. The predicted molar refractivity (Wildman–Crippen MR) is 156 cm³/mol. The summed E-state index contributed by atoms with van der Waals surface area (Å²) in [4.78, 5) is 25.3. The van der Waals surface area contributed by atoms with E-state index in [0.29, 0.717) is 11.4 Å². The van der Waals surface area contributed by atoms with Crippen LogP contribution in [0.15, 0.2) is 46.0 Å². The van der Waals surface area contributed by atoms with Crippen molar-refractivity contribution in [2.75, 3.05) is 10.6 Å². The van der Waals surface area contributed by atoms with Gasteiger partial charge in [0.05, 0.1) is 0 Å². The van der Waals surface area contributed by atoms with Crippen molar-refractivity contribution in [1.29, 1.82) is 0 Å².